The Morgan fingerprint density at radius 1 is 1.54 bits per heavy atom. The molecule has 0 bridgehead atoms. The lowest BCUT2D eigenvalue weighted by Gasteiger charge is -2.13. The zero-order chi connectivity index (χ0) is 9.52. The summed E-state index contributed by atoms with van der Waals surface area (Å²) < 4.78 is 5.34. The fourth-order valence-corrected chi connectivity index (χ4v) is 1.31. The molecular formula is C11H16O2. The van der Waals surface area contributed by atoms with Crippen molar-refractivity contribution in [1.29, 1.82) is 0 Å². The molecular weight excluding hydrogens is 164 g/mol. The highest BCUT2D eigenvalue weighted by atomic mass is 16.5. The third kappa shape index (κ3) is 3.92. The van der Waals surface area contributed by atoms with Crippen LogP contribution in [0.25, 0.3) is 0 Å². The Morgan fingerprint density at radius 2 is 2.38 bits per heavy atom. The Hall–Kier alpha value is -1.05. The Kier molecular flexibility index (Phi) is 4.30. The molecule has 72 valence electrons. The van der Waals surface area contributed by atoms with Crippen LogP contribution in [0.1, 0.15) is 32.1 Å². The molecule has 0 aromatic heterocycles. The molecule has 0 atom stereocenters. The highest BCUT2D eigenvalue weighted by Crippen LogP contribution is 2.14. The quantitative estimate of drug-likeness (QED) is 0.480. The smallest absolute Gasteiger partial charge is 0.162 e. The van der Waals surface area contributed by atoms with Crippen molar-refractivity contribution in [2.45, 2.75) is 32.1 Å². The van der Waals surface area contributed by atoms with Gasteiger partial charge in [0.1, 0.15) is 0 Å². The maximum Gasteiger partial charge on any atom is 0.162 e. The van der Waals surface area contributed by atoms with Crippen molar-refractivity contribution in [2.75, 3.05) is 6.61 Å². The molecule has 0 spiro atoms. The first-order chi connectivity index (χ1) is 6.33. The molecule has 1 aliphatic heterocycles. The zero-order valence-electron chi connectivity index (χ0n) is 7.92. The zero-order valence-corrected chi connectivity index (χ0v) is 7.92. The van der Waals surface area contributed by atoms with Crippen molar-refractivity contribution in [3.63, 3.8) is 0 Å². The van der Waals surface area contributed by atoms with Crippen LogP contribution in [0.15, 0.2) is 24.5 Å². The normalized spacial score (nSPS) is 16.3. The largest absolute Gasteiger partial charge is 0.497 e. The number of carbonyl (C=O) groups is 1. The van der Waals surface area contributed by atoms with Gasteiger partial charge in [-0.1, -0.05) is 6.08 Å². The van der Waals surface area contributed by atoms with E-state index in [-0.39, 0.29) is 5.78 Å². The molecule has 0 unspecified atom stereocenters. The van der Waals surface area contributed by atoms with E-state index in [9.17, 15) is 4.79 Å². The van der Waals surface area contributed by atoms with E-state index in [0.29, 0.717) is 13.0 Å². The second-order valence-corrected chi connectivity index (χ2v) is 3.21. The summed E-state index contributed by atoms with van der Waals surface area (Å²) in [5.41, 5.74) is 0. The molecule has 0 aromatic rings. The van der Waals surface area contributed by atoms with Crippen LogP contribution in [0.3, 0.4) is 0 Å². The molecule has 0 amide bonds. The molecule has 1 heterocycles. The molecule has 0 fully saturated rings. The van der Waals surface area contributed by atoms with Crippen molar-refractivity contribution in [1.82, 2.24) is 0 Å². The van der Waals surface area contributed by atoms with E-state index in [2.05, 4.69) is 6.58 Å². The molecule has 0 N–H and O–H groups in total. The van der Waals surface area contributed by atoms with Crippen LogP contribution < -0.4 is 0 Å². The van der Waals surface area contributed by atoms with Crippen LogP contribution in [-0.4, -0.2) is 12.4 Å². The predicted octanol–water partition coefficient (Wildman–Crippen LogP) is 2.61. The molecule has 0 aliphatic carbocycles. The second-order valence-electron chi connectivity index (χ2n) is 3.21. The topological polar surface area (TPSA) is 26.3 Å². The average molecular weight is 180 g/mol. The van der Waals surface area contributed by atoms with Gasteiger partial charge in [-0.25, -0.2) is 0 Å². The highest BCUT2D eigenvalue weighted by molar-refractivity contribution is 5.90. The molecule has 0 saturated heterocycles. The van der Waals surface area contributed by atoms with Crippen molar-refractivity contribution in [2.24, 2.45) is 0 Å². The standard InChI is InChI=1S/C11H16O2/c1-2-3-4-5-6-11-9-10(12)7-8-13-11/h2,9H,1,3-8H2. The maximum atomic E-state index is 11.0. The Labute approximate surface area is 79.3 Å². The highest BCUT2D eigenvalue weighted by Gasteiger charge is 2.09. The SMILES string of the molecule is C=CCCCCC1=CC(=O)CCO1. The number of unbranched alkanes of at least 4 members (excludes halogenated alkanes) is 2. The van der Waals surface area contributed by atoms with Gasteiger partial charge in [-0.2, -0.15) is 0 Å². The fourth-order valence-electron chi connectivity index (χ4n) is 1.31. The average Bonchev–Trinajstić information content (AvgIpc) is 2.13. The van der Waals surface area contributed by atoms with Crippen LogP contribution in [-0.2, 0) is 9.53 Å². The fraction of sp³-hybridized carbons (Fsp3) is 0.545. The molecule has 0 saturated carbocycles. The van der Waals surface area contributed by atoms with Crippen molar-refractivity contribution >= 4 is 5.78 Å². The number of ketones is 1. The van der Waals surface area contributed by atoms with Gasteiger partial charge in [-0.05, 0) is 19.3 Å². The second kappa shape index (κ2) is 5.57. The van der Waals surface area contributed by atoms with E-state index in [4.69, 9.17) is 4.74 Å². The van der Waals surface area contributed by atoms with E-state index in [0.717, 1.165) is 31.4 Å². The van der Waals surface area contributed by atoms with E-state index in [1.165, 1.54) is 0 Å². The molecule has 0 aromatic carbocycles. The van der Waals surface area contributed by atoms with E-state index in [1.54, 1.807) is 6.08 Å². The Morgan fingerprint density at radius 3 is 3.08 bits per heavy atom. The van der Waals surface area contributed by atoms with Gasteiger partial charge in [-0.15, -0.1) is 6.58 Å². The van der Waals surface area contributed by atoms with Crippen LogP contribution >= 0.6 is 0 Å². The lowest BCUT2D eigenvalue weighted by molar-refractivity contribution is -0.116. The van der Waals surface area contributed by atoms with E-state index < -0.39 is 0 Å². The van der Waals surface area contributed by atoms with E-state index >= 15 is 0 Å². The minimum atomic E-state index is 0.199. The minimum Gasteiger partial charge on any atom is -0.497 e. The molecule has 2 heteroatoms. The summed E-state index contributed by atoms with van der Waals surface area (Å²) in [5, 5.41) is 0. The summed E-state index contributed by atoms with van der Waals surface area (Å²) in [7, 11) is 0. The van der Waals surface area contributed by atoms with Crippen LogP contribution in [0.4, 0.5) is 0 Å². The minimum absolute atomic E-state index is 0.199. The van der Waals surface area contributed by atoms with Gasteiger partial charge in [0.05, 0.1) is 12.4 Å². The van der Waals surface area contributed by atoms with E-state index in [1.807, 2.05) is 6.08 Å². The van der Waals surface area contributed by atoms with Crippen LogP contribution in [0, 0.1) is 0 Å². The van der Waals surface area contributed by atoms with Crippen molar-refractivity contribution in [3.05, 3.63) is 24.5 Å². The maximum absolute atomic E-state index is 11.0. The summed E-state index contributed by atoms with van der Waals surface area (Å²) in [4.78, 5) is 11.0. The third-order valence-corrected chi connectivity index (χ3v) is 2.04. The number of carbonyl (C=O) groups excluding carboxylic acids is 1. The molecule has 0 radical (unpaired) electrons. The van der Waals surface area contributed by atoms with Gasteiger partial charge in [-0.3, -0.25) is 4.79 Å². The predicted molar refractivity (Wildman–Crippen MR) is 52.3 cm³/mol. The number of ether oxygens (including phenoxy) is 1. The first-order valence-corrected chi connectivity index (χ1v) is 4.80. The van der Waals surface area contributed by atoms with Gasteiger partial charge in [0, 0.05) is 18.9 Å². The van der Waals surface area contributed by atoms with Gasteiger partial charge in [0.2, 0.25) is 0 Å². The van der Waals surface area contributed by atoms with Gasteiger partial charge in [0.15, 0.2) is 5.78 Å². The van der Waals surface area contributed by atoms with Crippen molar-refractivity contribution < 1.29 is 9.53 Å². The molecule has 1 rings (SSSR count). The van der Waals surface area contributed by atoms with Crippen LogP contribution in [0.5, 0.6) is 0 Å². The van der Waals surface area contributed by atoms with Crippen molar-refractivity contribution in [3.8, 4) is 0 Å². The summed E-state index contributed by atoms with van der Waals surface area (Å²) in [6.45, 7) is 4.22. The summed E-state index contributed by atoms with van der Waals surface area (Å²) in [6.07, 6.45) is 8.22. The third-order valence-electron chi connectivity index (χ3n) is 2.04. The lowest BCUT2D eigenvalue weighted by atomic mass is 10.1. The molecule has 2 nitrogen and oxygen atoms in total. The Bertz CT molecular complexity index is 216. The molecule has 1 aliphatic rings. The summed E-state index contributed by atoms with van der Waals surface area (Å²) >= 11 is 0. The number of hydrogen-bond acceptors (Lipinski definition) is 2. The first kappa shape index (κ1) is 10.0. The molecule has 13 heavy (non-hydrogen) atoms. The number of rotatable bonds is 5. The number of allylic oxidation sites excluding steroid dienone is 3. The number of hydrogen-bond donors (Lipinski definition) is 0. The van der Waals surface area contributed by atoms with Gasteiger partial charge < -0.3 is 4.74 Å². The van der Waals surface area contributed by atoms with Gasteiger partial charge >= 0.3 is 0 Å². The monoisotopic (exact) mass is 180 g/mol. The Balaban J connectivity index is 2.20. The summed E-state index contributed by atoms with van der Waals surface area (Å²) in [6, 6.07) is 0. The summed E-state index contributed by atoms with van der Waals surface area (Å²) in [5.74, 6) is 1.06. The lowest BCUT2D eigenvalue weighted by Crippen LogP contribution is -2.09. The van der Waals surface area contributed by atoms with Gasteiger partial charge in [0.25, 0.3) is 0 Å². The first-order valence-electron chi connectivity index (χ1n) is 4.80. The van der Waals surface area contributed by atoms with Crippen LogP contribution in [0.2, 0.25) is 0 Å².